The zero-order valence-corrected chi connectivity index (χ0v) is 9.79. The number of hydrogen-bond acceptors (Lipinski definition) is 3. The van der Waals surface area contributed by atoms with Gasteiger partial charge in [0.05, 0.1) is 12.0 Å². The molecule has 2 atom stereocenters. The minimum absolute atomic E-state index is 0.0636. The Kier molecular flexibility index (Phi) is 4.56. The highest BCUT2D eigenvalue weighted by atomic mass is 16.3. The maximum absolute atomic E-state index is 9.05. The molecule has 0 aliphatic heterocycles. The van der Waals surface area contributed by atoms with Crippen LogP contribution in [0.4, 0.5) is 0 Å². The summed E-state index contributed by atoms with van der Waals surface area (Å²) >= 11 is 0. The minimum atomic E-state index is -0.0636. The van der Waals surface area contributed by atoms with Gasteiger partial charge in [-0.15, -0.1) is 0 Å². The topological polar surface area (TPSA) is 56.0 Å². The van der Waals surface area contributed by atoms with E-state index in [2.05, 4.69) is 25.2 Å². The van der Waals surface area contributed by atoms with Crippen molar-refractivity contribution in [2.45, 2.75) is 57.5 Å². The summed E-state index contributed by atoms with van der Waals surface area (Å²) in [5.41, 5.74) is -0.0636. The van der Waals surface area contributed by atoms with Crippen LogP contribution >= 0.6 is 0 Å². The molecule has 1 fully saturated rings. The minimum Gasteiger partial charge on any atom is -0.396 e. The molecule has 0 aromatic heterocycles. The maximum atomic E-state index is 9.05. The fourth-order valence-electron chi connectivity index (χ4n) is 2.31. The van der Waals surface area contributed by atoms with Crippen molar-refractivity contribution in [1.82, 2.24) is 5.32 Å². The highest BCUT2D eigenvalue weighted by Gasteiger charge is 2.29. The van der Waals surface area contributed by atoms with Crippen molar-refractivity contribution >= 4 is 0 Å². The summed E-state index contributed by atoms with van der Waals surface area (Å²) in [6.45, 7) is 4.38. The molecule has 3 nitrogen and oxygen atoms in total. The van der Waals surface area contributed by atoms with Gasteiger partial charge in [-0.05, 0) is 33.1 Å². The van der Waals surface area contributed by atoms with Gasteiger partial charge in [0, 0.05) is 18.2 Å². The lowest BCUT2D eigenvalue weighted by molar-refractivity contribution is 0.191. The van der Waals surface area contributed by atoms with Crippen molar-refractivity contribution in [2.24, 2.45) is 5.92 Å². The molecule has 0 aromatic carbocycles. The summed E-state index contributed by atoms with van der Waals surface area (Å²) in [6.07, 6.45) is 5.24. The molecule has 0 amide bonds. The average Bonchev–Trinajstić information content (AvgIpc) is 2.17. The Labute approximate surface area is 92.5 Å². The third-order valence-electron chi connectivity index (χ3n) is 3.24. The van der Waals surface area contributed by atoms with Crippen LogP contribution in [0.3, 0.4) is 0 Å². The van der Waals surface area contributed by atoms with E-state index in [9.17, 15) is 0 Å². The predicted octanol–water partition coefficient (Wildman–Crippen LogP) is 1.82. The summed E-state index contributed by atoms with van der Waals surface area (Å²) in [4.78, 5) is 0. The van der Waals surface area contributed by atoms with Crippen LogP contribution in [0.15, 0.2) is 0 Å². The molecule has 0 bridgehead atoms. The Balaban J connectivity index is 2.51. The van der Waals surface area contributed by atoms with Crippen LogP contribution in [-0.2, 0) is 0 Å². The number of nitriles is 1. The SMILES string of the molecule is CC(C)(CCO)NC1CCCCC1C#N. The zero-order valence-electron chi connectivity index (χ0n) is 9.79. The first-order valence-electron chi connectivity index (χ1n) is 5.87. The van der Waals surface area contributed by atoms with E-state index in [4.69, 9.17) is 10.4 Å². The molecule has 2 N–H and O–H groups in total. The molecule has 1 aliphatic carbocycles. The molecule has 2 unspecified atom stereocenters. The molecule has 0 spiro atoms. The van der Waals surface area contributed by atoms with Crippen molar-refractivity contribution in [2.75, 3.05) is 6.61 Å². The van der Waals surface area contributed by atoms with Gasteiger partial charge in [-0.3, -0.25) is 0 Å². The summed E-state index contributed by atoms with van der Waals surface area (Å²) in [6, 6.07) is 2.70. The first-order valence-corrected chi connectivity index (χ1v) is 5.87. The Morgan fingerprint density at radius 3 is 2.67 bits per heavy atom. The Bertz CT molecular complexity index is 232. The van der Waals surface area contributed by atoms with Gasteiger partial charge in [0.1, 0.15) is 0 Å². The number of aliphatic hydroxyl groups is 1. The second kappa shape index (κ2) is 5.48. The number of hydrogen-bond donors (Lipinski definition) is 2. The van der Waals surface area contributed by atoms with Crippen molar-refractivity contribution in [3.8, 4) is 6.07 Å². The first kappa shape index (κ1) is 12.5. The predicted molar refractivity (Wildman–Crippen MR) is 60.3 cm³/mol. The largest absolute Gasteiger partial charge is 0.396 e. The summed E-state index contributed by atoms with van der Waals surface area (Å²) in [7, 11) is 0. The van der Waals surface area contributed by atoms with Crippen LogP contribution in [0.25, 0.3) is 0 Å². The van der Waals surface area contributed by atoms with Crippen molar-refractivity contribution in [1.29, 1.82) is 5.26 Å². The lowest BCUT2D eigenvalue weighted by atomic mass is 9.83. The smallest absolute Gasteiger partial charge is 0.0672 e. The van der Waals surface area contributed by atoms with E-state index in [0.29, 0.717) is 6.04 Å². The molecule has 0 saturated heterocycles. The van der Waals surface area contributed by atoms with Crippen molar-refractivity contribution < 1.29 is 5.11 Å². The number of rotatable bonds is 4. The van der Waals surface area contributed by atoms with Crippen LogP contribution in [0, 0.1) is 17.2 Å². The molecule has 3 heteroatoms. The Morgan fingerprint density at radius 1 is 1.40 bits per heavy atom. The molecular weight excluding hydrogens is 188 g/mol. The fourth-order valence-corrected chi connectivity index (χ4v) is 2.31. The van der Waals surface area contributed by atoms with Gasteiger partial charge in [-0.25, -0.2) is 0 Å². The second-order valence-electron chi connectivity index (χ2n) is 5.13. The fraction of sp³-hybridized carbons (Fsp3) is 0.917. The lowest BCUT2D eigenvalue weighted by Crippen LogP contribution is -2.50. The van der Waals surface area contributed by atoms with Gasteiger partial charge in [0.2, 0.25) is 0 Å². The van der Waals surface area contributed by atoms with E-state index in [-0.39, 0.29) is 18.1 Å². The standard InChI is InChI=1S/C12H22N2O/c1-12(2,7-8-15)14-11-6-4-3-5-10(11)9-13/h10-11,14-15H,3-8H2,1-2H3. The van der Waals surface area contributed by atoms with Crippen LogP contribution in [0.2, 0.25) is 0 Å². The van der Waals surface area contributed by atoms with Crippen LogP contribution in [-0.4, -0.2) is 23.3 Å². The zero-order chi connectivity index (χ0) is 11.3. The molecule has 15 heavy (non-hydrogen) atoms. The van der Waals surface area contributed by atoms with Gasteiger partial charge in [0.25, 0.3) is 0 Å². The third kappa shape index (κ3) is 3.81. The highest BCUT2D eigenvalue weighted by Crippen LogP contribution is 2.26. The third-order valence-corrected chi connectivity index (χ3v) is 3.24. The first-order chi connectivity index (χ1) is 7.09. The second-order valence-corrected chi connectivity index (χ2v) is 5.13. The van der Waals surface area contributed by atoms with E-state index in [1.54, 1.807) is 0 Å². The number of nitrogens with zero attached hydrogens (tertiary/aromatic N) is 1. The normalized spacial score (nSPS) is 27.3. The maximum Gasteiger partial charge on any atom is 0.0672 e. The van der Waals surface area contributed by atoms with E-state index >= 15 is 0 Å². The van der Waals surface area contributed by atoms with Gasteiger partial charge >= 0.3 is 0 Å². The van der Waals surface area contributed by atoms with Crippen LogP contribution in [0.5, 0.6) is 0 Å². The average molecular weight is 210 g/mol. The molecule has 0 heterocycles. The molecule has 0 radical (unpaired) electrons. The van der Waals surface area contributed by atoms with Gasteiger partial charge in [-0.1, -0.05) is 12.8 Å². The Hall–Kier alpha value is -0.590. The molecule has 0 aromatic rings. The monoisotopic (exact) mass is 210 g/mol. The molecule has 1 aliphatic rings. The molecule has 86 valence electrons. The van der Waals surface area contributed by atoms with Gasteiger partial charge < -0.3 is 10.4 Å². The number of aliphatic hydroxyl groups excluding tert-OH is 1. The van der Waals surface area contributed by atoms with Gasteiger partial charge in [-0.2, -0.15) is 5.26 Å². The Morgan fingerprint density at radius 2 is 2.07 bits per heavy atom. The molecule has 1 rings (SSSR count). The van der Waals surface area contributed by atoms with Gasteiger partial charge in [0.15, 0.2) is 0 Å². The highest BCUT2D eigenvalue weighted by molar-refractivity contribution is 4.97. The van der Waals surface area contributed by atoms with E-state index < -0.39 is 0 Å². The van der Waals surface area contributed by atoms with E-state index in [0.717, 1.165) is 19.3 Å². The summed E-state index contributed by atoms with van der Waals surface area (Å²) in [5.74, 6) is 0.150. The van der Waals surface area contributed by atoms with Crippen LogP contribution < -0.4 is 5.32 Å². The van der Waals surface area contributed by atoms with Crippen molar-refractivity contribution in [3.05, 3.63) is 0 Å². The van der Waals surface area contributed by atoms with Crippen LogP contribution in [0.1, 0.15) is 46.0 Å². The summed E-state index contributed by atoms with van der Waals surface area (Å²) < 4.78 is 0. The molecule has 1 saturated carbocycles. The number of nitrogens with one attached hydrogen (secondary N) is 1. The van der Waals surface area contributed by atoms with E-state index in [1.165, 1.54) is 12.8 Å². The van der Waals surface area contributed by atoms with E-state index in [1.807, 2.05) is 0 Å². The molecular formula is C12H22N2O. The van der Waals surface area contributed by atoms with Crippen molar-refractivity contribution in [3.63, 3.8) is 0 Å². The quantitative estimate of drug-likeness (QED) is 0.744. The summed E-state index contributed by atoms with van der Waals surface area (Å²) in [5, 5.41) is 21.5. The lowest BCUT2D eigenvalue weighted by Gasteiger charge is -2.36.